The molecule has 0 saturated carbocycles. The van der Waals surface area contributed by atoms with E-state index in [0.717, 1.165) is 32.5 Å². The van der Waals surface area contributed by atoms with Crippen LogP contribution in [-0.2, 0) is 11.3 Å². The Bertz CT molecular complexity index is 815. The molecule has 1 aromatic heterocycles. The Balaban J connectivity index is 1.83. The van der Waals surface area contributed by atoms with Crippen LogP contribution in [0.1, 0.15) is 42.7 Å². The summed E-state index contributed by atoms with van der Waals surface area (Å²) >= 11 is 0. The lowest BCUT2D eigenvalue weighted by Crippen LogP contribution is -2.43. The van der Waals surface area contributed by atoms with Gasteiger partial charge in [0.1, 0.15) is 6.17 Å². The molecule has 1 aromatic rings. The van der Waals surface area contributed by atoms with Gasteiger partial charge in [0.2, 0.25) is 5.91 Å². The number of aromatic nitrogens is 1. The summed E-state index contributed by atoms with van der Waals surface area (Å²) in [7, 11) is 0. The van der Waals surface area contributed by atoms with Gasteiger partial charge in [0.05, 0.1) is 17.8 Å². The largest absolute Gasteiger partial charge is 0.310 e. The van der Waals surface area contributed by atoms with Crippen molar-refractivity contribution < 1.29 is 14.0 Å². The van der Waals surface area contributed by atoms with Crippen LogP contribution in [-0.4, -0.2) is 52.4 Å². The summed E-state index contributed by atoms with van der Waals surface area (Å²) in [6.07, 6.45) is 6.88. The van der Waals surface area contributed by atoms with Gasteiger partial charge < -0.3 is 9.80 Å². The summed E-state index contributed by atoms with van der Waals surface area (Å²) in [5.41, 5.74) is 3.69. The number of hydrogen-bond acceptors (Lipinski definition) is 5. The third-order valence-electron chi connectivity index (χ3n) is 6.01. The Morgan fingerprint density at radius 3 is 2.67 bits per heavy atom. The first kappa shape index (κ1) is 22.1. The molecule has 1 saturated heterocycles. The van der Waals surface area contributed by atoms with Gasteiger partial charge in [0.15, 0.2) is 0 Å². The van der Waals surface area contributed by atoms with E-state index in [2.05, 4.69) is 22.2 Å². The van der Waals surface area contributed by atoms with Crippen molar-refractivity contribution in [3.63, 3.8) is 0 Å². The standard InChI is InChI=1S/C22H30FN5O2/c1-3-27-11-9-16(10-12-27)22(30)28(20-6-4-5-19(23)15(20)2)14-18-8-7-17(13-25-18)21(29)26-24/h4-8,13,15-16,19H,3,9-12,14,24H2,1-2H3,(H,26,29). The minimum absolute atomic E-state index is 0.0110. The lowest BCUT2D eigenvalue weighted by Gasteiger charge is -2.37. The van der Waals surface area contributed by atoms with Gasteiger partial charge in [0.25, 0.3) is 5.91 Å². The fourth-order valence-electron chi connectivity index (χ4n) is 3.99. The smallest absolute Gasteiger partial charge is 0.266 e. The number of rotatable bonds is 6. The van der Waals surface area contributed by atoms with E-state index in [1.54, 1.807) is 30.0 Å². The van der Waals surface area contributed by atoms with Gasteiger partial charge in [-0.05, 0) is 56.8 Å². The number of nitrogens with zero attached hydrogens (tertiary/aromatic N) is 3. The molecule has 1 aliphatic heterocycles. The maximum Gasteiger partial charge on any atom is 0.266 e. The van der Waals surface area contributed by atoms with Gasteiger partial charge in [-0.25, -0.2) is 10.2 Å². The molecule has 0 bridgehead atoms. The van der Waals surface area contributed by atoms with Crippen LogP contribution < -0.4 is 11.3 Å². The van der Waals surface area contributed by atoms with Crippen LogP contribution in [0, 0.1) is 11.8 Å². The SMILES string of the molecule is CCN1CCC(C(=O)N(Cc2ccc(C(=O)NN)cn2)C2=CC=CC(F)C2C)CC1. The highest BCUT2D eigenvalue weighted by Crippen LogP contribution is 2.30. The van der Waals surface area contributed by atoms with Gasteiger partial charge in [-0.1, -0.05) is 19.9 Å². The fraction of sp³-hybridized carbons (Fsp3) is 0.500. The normalized spacial score (nSPS) is 22.5. The van der Waals surface area contributed by atoms with Gasteiger partial charge in [-0.2, -0.15) is 0 Å². The van der Waals surface area contributed by atoms with Crippen LogP contribution in [0.25, 0.3) is 0 Å². The number of piperidine rings is 1. The number of alkyl halides is 1. The van der Waals surface area contributed by atoms with E-state index in [1.165, 1.54) is 12.3 Å². The van der Waals surface area contributed by atoms with Crippen molar-refractivity contribution in [3.05, 3.63) is 53.5 Å². The molecule has 30 heavy (non-hydrogen) atoms. The maximum atomic E-state index is 14.4. The van der Waals surface area contributed by atoms with Gasteiger partial charge in [-0.15, -0.1) is 0 Å². The Kier molecular flexibility index (Phi) is 7.33. The Labute approximate surface area is 176 Å². The van der Waals surface area contributed by atoms with E-state index in [-0.39, 0.29) is 18.4 Å². The number of nitrogen functional groups attached to an aromatic ring is 1. The highest BCUT2D eigenvalue weighted by Gasteiger charge is 2.33. The zero-order valence-electron chi connectivity index (χ0n) is 17.6. The highest BCUT2D eigenvalue weighted by molar-refractivity contribution is 5.93. The Morgan fingerprint density at radius 2 is 2.07 bits per heavy atom. The zero-order chi connectivity index (χ0) is 21.7. The van der Waals surface area contributed by atoms with E-state index in [0.29, 0.717) is 17.0 Å². The number of nitrogens with one attached hydrogen (secondary N) is 1. The van der Waals surface area contributed by atoms with Crippen LogP contribution in [0.15, 0.2) is 42.3 Å². The predicted octanol–water partition coefficient (Wildman–Crippen LogP) is 2.17. The summed E-state index contributed by atoms with van der Waals surface area (Å²) in [6, 6.07) is 3.31. The molecule has 1 aliphatic carbocycles. The lowest BCUT2D eigenvalue weighted by molar-refractivity contribution is -0.136. The molecular weight excluding hydrogens is 385 g/mol. The van der Waals surface area contributed by atoms with E-state index in [4.69, 9.17) is 5.84 Å². The molecule has 0 aromatic carbocycles. The lowest BCUT2D eigenvalue weighted by atomic mass is 9.91. The number of carbonyl (C=O) groups excluding carboxylic acids is 2. The number of amides is 2. The first-order valence-electron chi connectivity index (χ1n) is 10.5. The molecule has 0 radical (unpaired) electrons. The van der Waals surface area contributed by atoms with E-state index >= 15 is 0 Å². The Morgan fingerprint density at radius 1 is 1.33 bits per heavy atom. The first-order chi connectivity index (χ1) is 14.4. The highest BCUT2D eigenvalue weighted by atomic mass is 19.1. The molecule has 8 heteroatoms. The third-order valence-corrected chi connectivity index (χ3v) is 6.01. The molecule has 2 heterocycles. The molecule has 2 unspecified atom stereocenters. The second kappa shape index (κ2) is 9.95. The van der Waals surface area contributed by atoms with Crippen molar-refractivity contribution in [1.82, 2.24) is 20.2 Å². The molecular formula is C22H30FN5O2. The molecule has 2 amide bonds. The predicted molar refractivity (Wildman–Crippen MR) is 113 cm³/mol. The number of likely N-dealkylation sites (tertiary alicyclic amines) is 1. The van der Waals surface area contributed by atoms with Gasteiger partial charge in [-0.3, -0.25) is 20.0 Å². The monoisotopic (exact) mass is 415 g/mol. The number of carbonyl (C=O) groups is 2. The average molecular weight is 416 g/mol. The summed E-state index contributed by atoms with van der Waals surface area (Å²) in [5.74, 6) is 4.23. The average Bonchev–Trinajstić information content (AvgIpc) is 2.79. The van der Waals surface area contributed by atoms with Crippen LogP contribution in [0.4, 0.5) is 4.39 Å². The second-order valence-electron chi connectivity index (χ2n) is 7.85. The van der Waals surface area contributed by atoms with Gasteiger partial charge in [0, 0.05) is 23.7 Å². The summed E-state index contributed by atoms with van der Waals surface area (Å²) in [6.45, 7) is 6.91. The molecule has 3 rings (SSSR count). The zero-order valence-corrected chi connectivity index (χ0v) is 17.6. The Hall–Kier alpha value is -2.58. The molecule has 162 valence electrons. The molecule has 1 fully saturated rings. The van der Waals surface area contributed by atoms with Crippen LogP contribution in [0.2, 0.25) is 0 Å². The van der Waals surface area contributed by atoms with E-state index in [9.17, 15) is 14.0 Å². The van der Waals surface area contributed by atoms with Crippen molar-refractivity contribution >= 4 is 11.8 Å². The first-order valence-corrected chi connectivity index (χ1v) is 10.5. The number of nitrogens with two attached hydrogens (primary N) is 1. The minimum atomic E-state index is -1.13. The number of hydrogen-bond donors (Lipinski definition) is 2. The maximum absolute atomic E-state index is 14.4. The number of allylic oxidation sites excluding steroid dienone is 4. The summed E-state index contributed by atoms with van der Waals surface area (Å²) in [4.78, 5) is 33.5. The number of pyridine rings is 1. The van der Waals surface area contributed by atoms with Gasteiger partial charge >= 0.3 is 0 Å². The topological polar surface area (TPSA) is 91.6 Å². The van der Waals surface area contributed by atoms with Crippen LogP contribution in [0.5, 0.6) is 0 Å². The van der Waals surface area contributed by atoms with E-state index < -0.39 is 18.0 Å². The second-order valence-corrected chi connectivity index (χ2v) is 7.85. The fourth-order valence-corrected chi connectivity index (χ4v) is 3.99. The molecule has 2 atom stereocenters. The number of halogens is 1. The van der Waals surface area contributed by atoms with Crippen molar-refractivity contribution in [2.24, 2.45) is 17.7 Å². The van der Waals surface area contributed by atoms with Crippen molar-refractivity contribution in [3.8, 4) is 0 Å². The summed E-state index contributed by atoms with van der Waals surface area (Å²) < 4.78 is 14.4. The van der Waals surface area contributed by atoms with Crippen molar-refractivity contribution in [2.45, 2.75) is 39.4 Å². The molecule has 0 spiro atoms. The van der Waals surface area contributed by atoms with Crippen LogP contribution >= 0.6 is 0 Å². The van der Waals surface area contributed by atoms with Crippen molar-refractivity contribution in [2.75, 3.05) is 19.6 Å². The quantitative estimate of drug-likeness (QED) is 0.422. The minimum Gasteiger partial charge on any atom is -0.310 e. The summed E-state index contributed by atoms with van der Waals surface area (Å²) in [5, 5.41) is 0. The number of hydrazine groups is 1. The third kappa shape index (κ3) is 4.94. The van der Waals surface area contributed by atoms with Crippen LogP contribution in [0.3, 0.4) is 0 Å². The van der Waals surface area contributed by atoms with Crippen molar-refractivity contribution in [1.29, 1.82) is 0 Å². The van der Waals surface area contributed by atoms with E-state index in [1.807, 2.05) is 6.08 Å². The molecule has 3 N–H and O–H groups in total. The molecule has 2 aliphatic rings. The molecule has 7 nitrogen and oxygen atoms in total.